The van der Waals surface area contributed by atoms with Crippen molar-refractivity contribution in [2.24, 2.45) is 11.8 Å². The summed E-state index contributed by atoms with van der Waals surface area (Å²) in [4.78, 5) is 15.0. The maximum absolute atomic E-state index is 13.0. The Morgan fingerprint density at radius 2 is 1.95 bits per heavy atom. The SMILES string of the molecule is COc1ccc(C2(C(=O)N3C[C@H]4CC[C@@H](O)[C@H]4C3)CC2)cc1. The first-order chi connectivity index (χ1) is 10.6. The first-order valence-corrected chi connectivity index (χ1v) is 8.26. The zero-order valence-electron chi connectivity index (χ0n) is 13.0. The van der Waals surface area contributed by atoms with Crippen LogP contribution >= 0.6 is 0 Å². The van der Waals surface area contributed by atoms with Crippen LogP contribution in [0.5, 0.6) is 5.75 Å². The predicted molar refractivity (Wildman–Crippen MR) is 82.7 cm³/mol. The summed E-state index contributed by atoms with van der Waals surface area (Å²) in [6.45, 7) is 1.57. The van der Waals surface area contributed by atoms with Gasteiger partial charge in [-0.25, -0.2) is 0 Å². The largest absolute Gasteiger partial charge is 0.497 e. The molecule has 0 aromatic heterocycles. The molecule has 2 saturated carbocycles. The van der Waals surface area contributed by atoms with Gasteiger partial charge < -0.3 is 14.7 Å². The summed E-state index contributed by atoms with van der Waals surface area (Å²) in [7, 11) is 1.65. The van der Waals surface area contributed by atoms with Crippen LogP contribution in [-0.2, 0) is 10.2 Å². The van der Waals surface area contributed by atoms with E-state index in [9.17, 15) is 9.90 Å². The summed E-state index contributed by atoms with van der Waals surface area (Å²) < 4.78 is 5.20. The van der Waals surface area contributed by atoms with Crippen molar-refractivity contribution in [3.63, 3.8) is 0 Å². The van der Waals surface area contributed by atoms with Crippen LogP contribution in [-0.4, -0.2) is 42.2 Å². The first-order valence-electron chi connectivity index (χ1n) is 8.26. The van der Waals surface area contributed by atoms with Gasteiger partial charge in [0.2, 0.25) is 5.91 Å². The van der Waals surface area contributed by atoms with E-state index >= 15 is 0 Å². The molecule has 0 radical (unpaired) electrons. The van der Waals surface area contributed by atoms with Gasteiger partial charge in [0.1, 0.15) is 5.75 Å². The minimum absolute atomic E-state index is 0.209. The third kappa shape index (κ3) is 2.04. The van der Waals surface area contributed by atoms with E-state index in [0.717, 1.165) is 50.1 Å². The highest BCUT2D eigenvalue weighted by Gasteiger charge is 2.55. The molecule has 0 unspecified atom stereocenters. The van der Waals surface area contributed by atoms with E-state index in [1.165, 1.54) is 0 Å². The number of hydrogen-bond acceptors (Lipinski definition) is 3. The van der Waals surface area contributed by atoms with Gasteiger partial charge in [0.05, 0.1) is 18.6 Å². The molecule has 1 aliphatic heterocycles. The average Bonchev–Trinajstić information content (AvgIpc) is 3.13. The highest BCUT2D eigenvalue weighted by atomic mass is 16.5. The molecule has 3 aliphatic rings. The Balaban J connectivity index is 1.52. The number of methoxy groups -OCH3 is 1. The molecule has 1 amide bonds. The van der Waals surface area contributed by atoms with E-state index in [1.54, 1.807) is 7.11 Å². The van der Waals surface area contributed by atoms with Crippen molar-refractivity contribution in [3.8, 4) is 5.75 Å². The number of benzene rings is 1. The Bertz CT molecular complexity index is 578. The Labute approximate surface area is 131 Å². The molecule has 2 aliphatic carbocycles. The third-order valence-corrected chi connectivity index (χ3v) is 5.91. The number of hydrogen-bond donors (Lipinski definition) is 1. The second-order valence-electron chi connectivity index (χ2n) is 7.09. The molecule has 0 spiro atoms. The summed E-state index contributed by atoms with van der Waals surface area (Å²) in [5.74, 6) is 1.89. The number of nitrogens with zero attached hydrogens (tertiary/aromatic N) is 1. The summed E-state index contributed by atoms with van der Waals surface area (Å²) in [6, 6.07) is 7.92. The van der Waals surface area contributed by atoms with Crippen LogP contribution < -0.4 is 4.74 Å². The predicted octanol–water partition coefficient (Wildman–Crippen LogP) is 1.96. The molecular formula is C18H23NO3. The fraction of sp³-hybridized carbons (Fsp3) is 0.611. The van der Waals surface area contributed by atoms with Gasteiger partial charge in [-0.05, 0) is 49.3 Å². The fourth-order valence-corrected chi connectivity index (χ4v) is 4.37. The lowest BCUT2D eigenvalue weighted by atomic mass is 9.94. The second-order valence-corrected chi connectivity index (χ2v) is 7.09. The summed E-state index contributed by atoms with van der Waals surface area (Å²) in [5.41, 5.74) is 0.798. The Morgan fingerprint density at radius 1 is 1.23 bits per heavy atom. The average molecular weight is 301 g/mol. The van der Waals surface area contributed by atoms with Crippen LogP contribution in [0.1, 0.15) is 31.2 Å². The van der Waals surface area contributed by atoms with Crippen molar-refractivity contribution < 1.29 is 14.6 Å². The van der Waals surface area contributed by atoms with Crippen LogP contribution in [0.4, 0.5) is 0 Å². The van der Waals surface area contributed by atoms with Gasteiger partial charge in [0, 0.05) is 19.0 Å². The lowest BCUT2D eigenvalue weighted by Crippen LogP contribution is -2.39. The van der Waals surface area contributed by atoms with Gasteiger partial charge >= 0.3 is 0 Å². The second kappa shape index (κ2) is 4.98. The van der Waals surface area contributed by atoms with Gasteiger partial charge in [0.15, 0.2) is 0 Å². The van der Waals surface area contributed by atoms with Gasteiger partial charge in [-0.15, -0.1) is 0 Å². The maximum atomic E-state index is 13.0. The monoisotopic (exact) mass is 301 g/mol. The van der Waals surface area contributed by atoms with E-state index < -0.39 is 0 Å². The molecule has 1 heterocycles. The van der Waals surface area contributed by atoms with Crippen LogP contribution in [0, 0.1) is 11.8 Å². The molecule has 4 rings (SSSR count). The minimum Gasteiger partial charge on any atom is -0.497 e. The number of ether oxygens (including phenoxy) is 1. The molecule has 118 valence electrons. The normalized spacial score (nSPS) is 31.9. The van der Waals surface area contributed by atoms with Crippen LogP contribution in [0.3, 0.4) is 0 Å². The first kappa shape index (κ1) is 14.1. The summed E-state index contributed by atoms with van der Waals surface area (Å²) >= 11 is 0. The zero-order valence-corrected chi connectivity index (χ0v) is 13.0. The molecule has 1 aromatic carbocycles. The molecule has 0 bridgehead atoms. The van der Waals surface area contributed by atoms with Crippen molar-refractivity contribution in [2.45, 2.75) is 37.2 Å². The number of likely N-dealkylation sites (tertiary alicyclic amines) is 1. The van der Waals surface area contributed by atoms with Crippen molar-refractivity contribution in [2.75, 3.05) is 20.2 Å². The van der Waals surface area contributed by atoms with E-state index in [-0.39, 0.29) is 17.4 Å². The lowest BCUT2D eigenvalue weighted by Gasteiger charge is -2.25. The Morgan fingerprint density at radius 3 is 2.55 bits per heavy atom. The quantitative estimate of drug-likeness (QED) is 0.928. The smallest absolute Gasteiger partial charge is 0.233 e. The molecule has 1 saturated heterocycles. The van der Waals surface area contributed by atoms with E-state index in [4.69, 9.17) is 4.74 Å². The molecule has 4 heteroatoms. The van der Waals surface area contributed by atoms with Gasteiger partial charge in [0.25, 0.3) is 0 Å². The summed E-state index contributed by atoms with van der Waals surface area (Å²) in [6.07, 6.45) is 3.63. The summed E-state index contributed by atoms with van der Waals surface area (Å²) in [5, 5.41) is 10.0. The number of fused-ring (bicyclic) bond motifs is 1. The molecule has 1 N–H and O–H groups in total. The third-order valence-electron chi connectivity index (χ3n) is 5.91. The van der Waals surface area contributed by atoms with E-state index in [1.807, 2.05) is 29.2 Å². The van der Waals surface area contributed by atoms with Crippen molar-refractivity contribution >= 4 is 5.91 Å². The van der Waals surface area contributed by atoms with E-state index in [0.29, 0.717) is 11.8 Å². The molecule has 1 aromatic rings. The number of amides is 1. The maximum Gasteiger partial charge on any atom is 0.233 e. The number of carbonyl (C=O) groups excluding carboxylic acids is 1. The highest BCUT2D eigenvalue weighted by Crippen LogP contribution is 2.51. The Kier molecular flexibility index (Phi) is 3.19. The standard InChI is InChI=1S/C18H23NO3/c1-22-14-5-3-13(4-6-14)18(8-9-18)17(21)19-10-12-2-7-16(20)15(12)11-19/h3-6,12,15-16,20H,2,7-11H2,1H3/t12-,15+,16-/m1/s1. The number of aliphatic hydroxyl groups excluding tert-OH is 1. The van der Waals surface area contributed by atoms with E-state index in [2.05, 4.69) is 0 Å². The molecule has 3 fully saturated rings. The van der Waals surface area contributed by atoms with Crippen LogP contribution in [0.25, 0.3) is 0 Å². The van der Waals surface area contributed by atoms with Crippen molar-refractivity contribution in [1.29, 1.82) is 0 Å². The minimum atomic E-state index is -0.310. The topological polar surface area (TPSA) is 49.8 Å². The van der Waals surface area contributed by atoms with Crippen LogP contribution in [0.15, 0.2) is 24.3 Å². The van der Waals surface area contributed by atoms with Crippen molar-refractivity contribution in [3.05, 3.63) is 29.8 Å². The molecular weight excluding hydrogens is 278 g/mol. The van der Waals surface area contributed by atoms with Gasteiger partial charge in [-0.2, -0.15) is 0 Å². The van der Waals surface area contributed by atoms with Crippen LogP contribution in [0.2, 0.25) is 0 Å². The van der Waals surface area contributed by atoms with Crippen molar-refractivity contribution in [1.82, 2.24) is 4.90 Å². The fourth-order valence-electron chi connectivity index (χ4n) is 4.37. The zero-order chi connectivity index (χ0) is 15.3. The molecule has 3 atom stereocenters. The lowest BCUT2D eigenvalue weighted by molar-refractivity contribution is -0.133. The molecule has 22 heavy (non-hydrogen) atoms. The van der Waals surface area contributed by atoms with Gasteiger partial charge in [-0.3, -0.25) is 4.79 Å². The molecule has 4 nitrogen and oxygen atoms in total. The number of rotatable bonds is 3. The number of aliphatic hydroxyl groups is 1. The highest BCUT2D eigenvalue weighted by molar-refractivity contribution is 5.91. The number of carbonyl (C=O) groups is 1. The van der Waals surface area contributed by atoms with Gasteiger partial charge in [-0.1, -0.05) is 12.1 Å². The Hall–Kier alpha value is -1.55.